The van der Waals surface area contributed by atoms with Gasteiger partial charge in [-0.2, -0.15) is 0 Å². The zero-order valence-corrected chi connectivity index (χ0v) is 15.0. The minimum Gasteiger partial charge on any atom is -0.371 e. The molecule has 1 aromatic carbocycles. The molecule has 0 aromatic heterocycles. The number of hydrogen-bond donors (Lipinski definition) is 1. The van der Waals surface area contributed by atoms with Crippen molar-refractivity contribution in [1.29, 1.82) is 0 Å². The number of nitrogens with zero attached hydrogens (tertiary/aromatic N) is 2. The number of rotatable bonds is 6. The van der Waals surface area contributed by atoms with E-state index in [1.54, 1.807) is 6.08 Å². The summed E-state index contributed by atoms with van der Waals surface area (Å²) in [5, 5.41) is 2.20. The lowest BCUT2D eigenvalue weighted by molar-refractivity contribution is -0.129. The van der Waals surface area contributed by atoms with Crippen molar-refractivity contribution in [3.63, 3.8) is 0 Å². The van der Waals surface area contributed by atoms with Gasteiger partial charge in [0.1, 0.15) is 5.57 Å². The fourth-order valence-electron chi connectivity index (χ4n) is 3.32. The Balaban J connectivity index is 1.85. The van der Waals surface area contributed by atoms with E-state index in [-0.39, 0.29) is 12.1 Å². The first-order valence-corrected chi connectivity index (χ1v) is 8.92. The second-order valence-electron chi connectivity index (χ2n) is 6.50. The van der Waals surface area contributed by atoms with Gasteiger partial charge in [-0.25, -0.2) is 4.79 Å². The monoisotopic (exact) mass is 353 g/mol. The van der Waals surface area contributed by atoms with Crippen LogP contribution in [0.1, 0.15) is 30.9 Å². The van der Waals surface area contributed by atoms with Crippen LogP contribution in [-0.4, -0.2) is 42.4 Å². The van der Waals surface area contributed by atoms with E-state index in [1.165, 1.54) is 17.3 Å². The summed E-state index contributed by atoms with van der Waals surface area (Å²) in [7, 11) is 0. The van der Waals surface area contributed by atoms with Crippen LogP contribution in [0.15, 0.2) is 36.4 Å². The first-order valence-electron chi connectivity index (χ1n) is 8.92. The number of carbonyl (C=O) groups is 3. The molecule has 0 unspecified atom stereocenters. The normalized spacial score (nSPS) is 18.3. The van der Waals surface area contributed by atoms with E-state index in [9.17, 15) is 14.4 Å². The zero-order chi connectivity index (χ0) is 18.7. The quantitative estimate of drug-likeness (QED) is 0.485. The average Bonchev–Trinajstić information content (AvgIpc) is 3.02. The van der Waals surface area contributed by atoms with Gasteiger partial charge < -0.3 is 4.90 Å². The van der Waals surface area contributed by atoms with Crippen LogP contribution in [0.4, 0.5) is 10.5 Å². The molecule has 0 atom stereocenters. The van der Waals surface area contributed by atoms with Gasteiger partial charge in [-0.05, 0) is 42.2 Å². The van der Waals surface area contributed by atoms with Gasteiger partial charge in [0, 0.05) is 25.3 Å². The van der Waals surface area contributed by atoms with E-state index < -0.39 is 17.8 Å². The molecule has 1 fully saturated rings. The van der Waals surface area contributed by atoms with Gasteiger partial charge >= 0.3 is 6.03 Å². The molecule has 1 aromatic rings. The number of fused-ring (bicyclic) bond motifs is 1. The van der Waals surface area contributed by atoms with Gasteiger partial charge in [0.15, 0.2) is 0 Å². The summed E-state index contributed by atoms with van der Waals surface area (Å²) in [5.41, 5.74) is 3.20. The number of anilines is 1. The maximum atomic E-state index is 12.5. The molecule has 0 bridgehead atoms. The molecule has 26 heavy (non-hydrogen) atoms. The highest BCUT2D eigenvalue weighted by molar-refractivity contribution is 6.31. The van der Waals surface area contributed by atoms with Gasteiger partial charge in [-0.1, -0.05) is 25.5 Å². The molecule has 6 heteroatoms. The van der Waals surface area contributed by atoms with Crippen molar-refractivity contribution in [3.8, 4) is 0 Å². The molecule has 6 nitrogen and oxygen atoms in total. The van der Waals surface area contributed by atoms with Crippen molar-refractivity contribution in [1.82, 2.24) is 10.2 Å². The van der Waals surface area contributed by atoms with Crippen molar-refractivity contribution >= 4 is 29.6 Å². The molecule has 4 amide bonds. The first kappa shape index (κ1) is 17.9. The number of benzene rings is 1. The number of nitrogens with one attached hydrogen (secondary N) is 1. The lowest BCUT2D eigenvalue weighted by Gasteiger charge is -2.25. The second-order valence-corrected chi connectivity index (χ2v) is 6.50. The number of amides is 4. The molecule has 3 rings (SSSR count). The smallest absolute Gasteiger partial charge is 0.331 e. The fourth-order valence-corrected chi connectivity index (χ4v) is 3.32. The minimum absolute atomic E-state index is 0.0350. The number of unbranched alkanes of at least 4 members (excludes halogenated alkanes) is 1. The van der Waals surface area contributed by atoms with Crippen LogP contribution < -0.4 is 10.2 Å². The number of urea groups is 1. The Morgan fingerprint density at radius 1 is 1.27 bits per heavy atom. The van der Waals surface area contributed by atoms with E-state index in [4.69, 9.17) is 0 Å². The number of carbonyl (C=O) groups excluding carboxylic acids is 3. The van der Waals surface area contributed by atoms with Gasteiger partial charge in [-0.15, -0.1) is 6.58 Å². The number of hydrogen-bond acceptors (Lipinski definition) is 4. The summed E-state index contributed by atoms with van der Waals surface area (Å²) in [5.74, 6) is -1.26. The van der Waals surface area contributed by atoms with Gasteiger partial charge in [0.05, 0.1) is 0 Å². The van der Waals surface area contributed by atoms with Crippen molar-refractivity contribution in [2.45, 2.75) is 26.2 Å². The molecule has 2 aliphatic rings. The third-order valence-corrected chi connectivity index (χ3v) is 4.69. The number of barbiturate groups is 1. The maximum absolute atomic E-state index is 12.5. The summed E-state index contributed by atoms with van der Waals surface area (Å²) in [6.07, 6.45) is 6.28. The Bertz CT molecular complexity index is 797. The average molecular weight is 353 g/mol. The molecule has 2 heterocycles. The van der Waals surface area contributed by atoms with Crippen molar-refractivity contribution in [2.24, 2.45) is 0 Å². The second kappa shape index (κ2) is 7.56. The van der Waals surface area contributed by atoms with E-state index >= 15 is 0 Å². The third-order valence-electron chi connectivity index (χ3n) is 4.69. The summed E-state index contributed by atoms with van der Waals surface area (Å²) in [6, 6.07) is 5.26. The summed E-state index contributed by atoms with van der Waals surface area (Å²) < 4.78 is 0. The Morgan fingerprint density at radius 2 is 2.08 bits per heavy atom. The van der Waals surface area contributed by atoms with Gasteiger partial charge in [-0.3, -0.25) is 19.8 Å². The Morgan fingerprint density at radius 3 is 2.81 bits per heavy atom. The predicted molar refractivity (Wildman–Crippen MR) is 101 cm³/mol. The van der Waals surface area contributed by atoms with Gasteiger partial charge in [0.25, 0.3) is 11.8 Å². The molecule has 1 N–H and O–H groups in total. The van der Waals surface area contributed by atoms with Crippen molar-refractivity contribution in [2.75, 3.05) is 24.5 Å². The molecule has 0 saturated carbocycles. The zero-order valence-electron chi connectivity index (χ0n) is 15.0. The van der Waals surface area contributed by atoms with E-state index in [2.05, 4.69) is 23.7 Å². The van der Waals surface area contributed by atoms with Crippen molar-refractivity contribution < 1.29 is 14.4 Å². The molecule has 0 radical (unpaired) electrons. The molecule has 0 spiro atoms. The van der Waals surface area contributed by atoms with Crippen LogP contribution in [0.25, 0.3) is 6.08 Å². The standard InChI is InChI=1S/C20H23N3O3/c1-3-5-10-22-11-8-15-12-14(6-7-17(15)22)13-16-18(24)21-20(26)23(9-4-2)19(16)25/h4,6-7,12-13H,2-3,5,8-11H2,1H3,(H,21,24,26). The third kappa shape index (κ3) is 3.40. The van der Waals surface area contributed by atoms with Crippen LogP contribution in [0.3, 0.4) is 0 Å². The highest BCUT2D eigenvalue weighted by atomic mass is 16.2. The van der Waals surface area contributed by atoms with Crippen molar-refractivity contribution in [3.05, 3.63) is 47.6 Å². The van der Waals surface area contributed by atoms with Crippen LogP contribution >= 0.6 is 0 Å². The highest BCUT2D eigenvalue weighted by Gasteiger charge is 2.35. The molecule has 2 aliphatic heterocycles. The highest BCUT2D eigenvalue weighted by Crippen LogP contribution is 2.30. The van der Waals surface area contributed by atoms with Crippen LogP contribution in [0, 0.1) is 0 Å². The topological polar surface area (TPSA) is 69.7 Å². The van der Waals surface area contributed by atoms with Crippen LogP contribution in [-0.2, 0) is 16.0 Å². The lowest BCUT2D eigenvalue weighted by Crippen LogP contribution is -2.54. The maximum Gasteiger partial charge on any atom is 0.331 e. The van der Waals surface area contributed by atoms with E-state index in [1.807, 2.05) is 18.2 Å². The SMILES string of the molecule is C=CCN1C(=O)NC(=O)C(=Cc2ccc3c(c2)CCN3CCCC)C1=O. The lowest BCUT2D eigenvalue weighted by atomic mass is 10.0. The minimum atomic E-state index is -0.711. The first-order chi connectivity index (χ1) is 12.5. The molecule has 136 valence electrons. The molecular weight excluding hydrogens is 330 g/mol. The summed E-state index contributed by atoms with van der Waals surface area (Å²) >= 11 is 0. The van der Waals surface area contributed by atoms with E-state index in [0.717, 1.165) is 42.8 Å². The van der Waals surface area contributed by atoms with Gasteiger partial charge in [0.2, 0.25) is 0 Å². The van der Waals surface area contributed by atoms with Crippen LogP contribution in [0.2, 0.25) is 0 Å². The van der Waals surface area contributed by atoms with Crippen LogP contribution in [0.5, 0.6) is 0 Å². The molecule has 1 saturated heterocycles. The molecular formula is C20H23N3O3. The Labute approximate surface area is 153 Å². The summed E-state index contributed by atoms with van der Waals surface area (Å²) in [4.78, 5) is 39.7. The largest absolute Gasteiger partial charge is 0.371 e. The Hall–Kier alpha value is -2.89. The Kier molecular flexibility index (Phi) is 5.21. The predicted octanol–water partition coefficient (Wildman–Crippen LogP) is 2.50. The summed E-state index contributed by atoms with van der Waals surface area (Å²) in [6.45, 7) is 7.82. The number of imide groups is 2. The van der Waals surface area contributed by atoms with E-state index in [0.29, 0.717) is 0 Å². The fraction of sp³-hybridized carbons (Fsp3) is 0.350. The molecule has 0 aliphatic carbocycles.